The Bertz CT molecular complexity index is 1190. The minimum atomic E-state index is -2.23. The van der Waals surface area contributed by atoms with Crippen LogP contribution in [0.3, 0.4) is 0 Å². The molecule has 32 heavy (non-hydrogen) atoms. The number of nitrogens with one attached hydrogen (secondary N) is 2. The van der Waals surface area contributed by atoms with Crippen molar-refractivity contribution in [1.29, 1.82) is 0 Å². The SMILES string of the molecule is [2H]C([2H])([2H])N1C(C)(C)CC(Nc2nc(Nc3cccc(-n4nnnc4C)c3)ncc2F)CC1(C)C. The molecule has 1 aliphatic rings. The number of anilines is 3. The maximum atomic E-state index is 14.7. The number of benzene rings is 1. The summed E-state index contributed by atoms with van der Waals surface area (Å²) in [6, 6.07) is 7.19. The van der Waals surface area contributed by atoms with Gasteiger partial charge in [0.2, 0.25) is 5.95 Å². The lowest BCUT2D eigenvalue weighted by Crippen LogP contribution is -2.61. The third kappa shape index (κ3) is 4.40. The number of halogens is 1. The summed E-state index contributed by atoms with van der Waals surface area (Å²) in [7, 11) is 0. The Kier molecular flexibility index (Phi) is 4.66. The number of aromatic nitrogens is 6. The summed E-state index contributed by atoms with van der Waals surface area (Å²) in [4.78, 5) is 10.0. The van der Waals surface area contributed by atoms with E-state index in [1.807, 2.05) is 52.0 Å². The summed E-state index contributed by atoms with van der Waals surface area (Å²) < 4.78 is 40.3. The van der Waals surface area contributed by atoms with Crippen LogP contribution < -0.4 is 10.6 Å². The maximum absolute atomic E-state index is 14.7. The topological polar surface area (TPSA) is 96.7 Å². The lowest BCUT2D eigenvalue weighted by Gasteiger charge is -2.53. The summed E-state index contributed by atoms with van der Waals surface area (Å²) in [5.41, 5.74) is 0.167. The molecule has 1 aliphatic heterocycles. The zero-order valence-electron chi connectivity index (χ0n) is 21.9. The number of tetrazole rings is 1. The van der Waals surface area contributed by atoms with E-state index < -0.39 is 23.9 Å². The van der Waals surface area contributed by atoms with Crippen LogP contribution in [0.5, 0.6) is 0 Å². The third-order valence-electron chi connectivity index (χ3n) is 5.76. The highest BCUT2D eigenvalue weighted by molar-refractivity contribution is 5.58. The summed E-state index contributed by atoms with van der Waals surface area (Å²) in [6.45, 7) is 7.17. The van der Waals surface area contributed by atoms with Crippen molar-refractivity contribution in [2.45, 2.75) is 64.6 Å². The summed E-state index contributed by atoms with van der Waals surface area (Å²) in [5.74, 6) is 0.344. The van der Waals surface area contributed by atoms with Gasteiger partial charge in [0.1, 0.15) is 0 Å². The van der Waals surface area contributed by atoms with E-state index in [2.05, 4.69) is 36.1 Å². The van der Waals surface area contributed by atoms with Crippen LogP contribution in [0.4, 0.5) is 21.8 Å². The van der Waals surface area contributed by atoms with E-state index in [0.29, 0.717) is 24.4 Å². The van der Waals surface area contributed by atoms with E-state index in [1.165, 1.54) is 0 Å². The molecule has 170 valence electrons. The predicted molar refractivity (Wildman–Crippen MR) is 122 cm³/mol. The summed E-state index contributed by atoms with van der Waals surface area (Å²) >= 11 is 0. The Labute approximate surface area is 191 Å². The van der Waals surface area contributed by atoms with Gasteiger partial charge in [-0.3, -0.25) is 4.90 Å². The van der Waals surface area contributed by atoms with Crippen molar-refractivity contribution in [1.82, 2.24) is 35.1 Å². The van der Waals surface area contributed by atoms with Gasteiger partial charge in [-0.1, -0.05) is 6.07 Å². The van der Waals surface area contributed by atoms with Crippen molar-refractivity contribution in [2.75, 3.05) is 17.6 Å². The molecule has 0 bridgehead atoms. The number of aryl methyl sites for hydroxylation is 1. The molecule has 0 amide bonds. The second kappa shape index (κ2) is 8.09. The smallest absolute Gasteiger partial charge is 0.229 e. The van der Waals surface area contributed by atoms with Crippen LogP contribution >= 0.6 is 0 Å². The average Bonchev–Trinajstić information content (AvgIpc) is 3.13. The number of nitrogens with zero attached hydrogens (tertiary/aromatic N) is 7. The quantitative estimate of drug-likeness (QED) is 0.617. The summed E-state index contributed by atoms with van der Waals surface area (Å²) in [5, 5.41) is 17.8. The van der Waals surface area contributed by atoms with E-state index in [4.69, 9.17) is 4.11 Å². The maximum Gasteiger partial charge on any atom is 0.229 e. The van der Waals surface area contributed by atoms with E-state index in [9.17, 15) is 4.39 Å². The Balaban J connectivity index is 1.54. The minimum absolute atomic E-state index is 0.0638. The first-order chi connectivity index (χ1) is 16.3. The molecule has 10 heteroatoms. The van der Waals surface area contributed by atoms with Gasteiger partial charge in [-0.2, -0.15) is 9.67 Å². The number of likely N-dealkylation sites (tertiary alicyclic amines) is 1. The normalized spacial score (nSPS) is 20.2. The lowest BCUT2D eigenvalue weighted by molar-refractivity contribution is -0.00778. The Morgan fingerprint density at radius 1 is 1.19 bits per heavy atom. The lowest BCUT2D eigenvalue weighted by atomic mass is 9.77. The molecule has 0 atom stereocenters. The number of rotatable bonds is 5. The number of hydrogen-bond donors (Lipinski definition) is 2. The third-order valence-corrected chi connectivity index (χ3v) is 5.76. The van der Waals surface area contributed by atoms with Gasteiger partial charge >= 0.3 is 0 Å². The van der Waals surface area contributed by atoms with Crippen LogP contribution in [-0.2, 0) is 0 Å². The molecular formula is C22H30FN9. The molecule has 1 saturated heterocycles. The second-order valence-electron chi connectivity index (χ2n) is 9.41. The molecular weight excluding hydrogens is 409 g/mol. The van der Waals surface area contributed by atoms with Gasteiger partial charge in [-0.25, -0.2) is 9.37 Å². The van der Waals surface area contributed by atoms with E-state index >= 15 is 0 Å². The molecule has 3 aromatic rings. The molecule has 1 aromatic carbocycles. The second-order valence-corrected chi connectivity index (χ2v) is 9.41. The number of piperidine rings is 1. The molecule has 3 heterocycles. The van der Waals surface area contributed by atoms with Gasteiger partial charge < -0.3 is 10.6 Å². The highest BCUT2D eigenvalue weighted by Crippen LogP contribution is 2.38. The van der Waals surface area contributed by atoms with Gasteiger partial charge in [0, 0.05) is 26.9 Å². The molecule has 2 N–H and O–H groups in total. The van der Waals surface area contributed by atoms with Gasteiger partial charge in [0.15, 0.2) is 17.5 Å². The first-order valence-electron chi connectivity index (χ1n) is 12.0. The molecule has 9 nitrogen and oxygen atoms in total. The molecule has 0 aliphatic carbocycles. The highest BCUT2D eigenvalue weighted by Gasteiger charge is 2.43. The van der Waals surface area contributed by atoms with Crippen LogP contribution in [0, 0.1) is 12.7 Å². The van der Waals surface area contributed by atoms with Crippen molar-refractivity contribution in [2.24, 2.45) is 0 Å². The van der Waals surface area contributed by atoms with Crippen molar-refractivity contribution in [3.8, 4) is 5.69 Å². The Morgan fingerprint density at radius 3 is 2.59 bits per heavy atom. The predicted octanol–water partition coefficient (Wildman–Crippen LogP) is 3.71. The molecule has 0 saturated carbocycles. The van der Waals surface area contributed by atoms with E-state index in [0.717, 1.165) is 11.9 Å². The zero-order valence-corrected chi connectivity index (χ0v) is 18.9. The van der Waals surface area contributed by atoms with Crippen LogP contribution in [-0.4, -0.2) is 59.2 Å². The molecule has 4 rings (SSSR count). The molecule has 0 radical (unpaired) electrons. The monoisotopic (exact) mass is 442 g/mol. The Morgan fingerprint density at radius 2 is 1.94 bits per heavy atom. The fourth-order valence-electron chi connectivity index (χ4n) is 4.42. The van der Waals surface area contributed by atoms with E-state index in [1.54, 1.807) is 16.5 Å². The fraction of sp³-hybridized carbons (Fsp3) is 0.500. The summed E-state index contributed by atoms with van der Waals surface area (Å²) in [6.07, 6.45) is 2.13. The number of hydrogen-bond acceptors (Lipinski definition) is 8. The van der Waals surface area contributed by atoms with Gasteiger partial charge in [0.05, 0.1) is 11.9 Å². The minimum Gasteiger partial charge on any atom is -0.365 e. The first-order valence-corrected chi connectivity index (χ1v) is 10.5. The van der Waals surface area contributed by atoms with Gasteiger partial charge in [0.25, 0.3) is 0 Å². The van der Waals surface area contributed by atoms with Gasteiger partial charge in [-0.15, -0.1) is 5.10 Å². The largest absolute Gasteiger partial charge is 0.365 e. The van der Waals surface area contributed by atoms with Crippen LogP contribution in [0.15, 0.2) is 30.5 Å². The molecule has 2 aromatic heterocycles. The fourth-order valence-corrected chi connectivity index (χ4v) is 4.42. The van der Waals surface area contributed by atoms with Crippen molar-refractivity contribution in [3.05, 3.63) is 42.1 Å². The van der Waals surface area contributed by atoms with Crippen LogP contribution in [0.2, 0.25) is 0 Å². The Hall–Kier alpha value is -3.14. The van der Waals surface area contributed by atoms with Gasteiger partial charge in [-0.05, 0) is 83.1 Å². The van der Waals surface area contributed by atoms with Crippen molar-refractivity contribution >= 4 is 17.5 Å². The molecule has 0 spiro atoms. The van der Waals surface area contributed by atoms with Crippen LogP contribution in [0.1, 0.15) is 50.5 Å². The molecule has 0 unspecified atom stereocenters. The van der Waals surface area contributed by atoms with Crippen molar-refractivity contribution < 1.29 is 8.50 Å². The average molecular weight is 443 g/mol. The van der Waals surface area contributed by atoms with Crippen molar-refractivity contribution in [3.63, 3.8) is 0 Å². The first kappa shape index (κ1) is 18.4. The molecule has 1 fully saturated rings. The standard InChI is InChI=1S/C22H30FN9/c1-14-28-29-30-32(14)17-9-7-8-15(10-17)26-20-24-13-18(23)19(27-20)25-16-11-21(2,3)31(6)22(4,5)12-16/h7-10,13,16H,11-12H2,1-6H3,(H2,24,25,26,27)/i6D3. The van der Waals surface area contributed by atoms with E-state index in [-0.39, 0.29) is 17.8 Å². The highest BCUT2D eigenvalue weighted by atomic mass is 19.1. The zero-order chi connectivity index (χ0) is 25.6. The van der Waals surface area contributed by atoms with Crippen LogP contribution in [0.25, 0.3) is 5.69 Å².